The van der Waals surface area contributed by atoms with Gasteiger partial charge in [0.05, 0.1) is 5.56 Å². The molecule has 3 aliphatic rings. The molecular weight excluding hydrogens is 370 g/mol. The number of fused-ring (bicyclic) bond motifs is 1. The van der Waals surface area contributed by atoms with Crippen molar-refractivity contribution in [3.8, 4) is 5.75 Å². The molecule has 3 nitrogen and oxygen atoms in total. The van der Waals surface area contributed by atoms with Crippen molar-refractivity contribution in [2.24, 2.45) is 5.92 Å². The molecule has 0 spiro atoms. The fourth-order valence-electron chi connectivity index (χ4n) is 6.46. The molecule has 1 saturated carbocycles. The van der Waals surface area contributed by atoms with Gasteiger partial charge in [-0.25, -0.2) is 4.79 Å². The van der Waals surface area contributed by atoms with E-state index in [1.54, 1.807) is 12.1 Å². The number of piperidine rings is 1. The molecule has 0 aromatic heterocycles. The van der Waals surface area contributed by atoms with Crippen LogP contribution in [0.25, 0.3) is 0 Å². The number of ether oxygens (including phenoxy) is 1. The highest BCUT2D eigenvalue weighted by Gasteiger charge is 2.54. The molecule has 1 saturated heterocycles. The number of carbonyl (C=O) groups excluding carboxylic acids is 1. The van der Waals surface area contributed by atoms with Crippen molar-refractivity contribution in [3.63, 3.8) is 0 Å². The van der Waals surface area contributed by atoms with Crippen molar-refractivity contribution in [1.82, 2.24) is 4.90 Å². The molecule has 3 heteroatoms. The number of rotatable bonds is 4. The van der Waals surface area contributed by atoms with Crippen LogP contribution in [0.3, 0.4) is 0 Å². The van der Waals surface area contributed by atoms with Crippen LogP contribution in [0.2, 0.25) is 0 Å². The van der Waals surface area contributed by atoms with E-state index >= 15 is 0 Å². The normalized spacial score (nSPS) is 28.7. The van der Waals surface area contributed by atoms with E-state index in [0.717, 1.165) is 13.0 Å². The fraction of sp³-hybridized carbons (Fsp3) is 0.444. The highest BCUT2D eigenvalue weighted by molar-refractivity contribution is 5.91. The molecule has 5 rings (SSSR count). The number of carbonyl (C=O) groups is 1. The van der Waals surface area contributed by atoms with E-state index in [1.165, 1.54) is 43.2 Å². The van der Waals surface area contributed by atoms with Crippen molar-refractivity contribution in [1.29, 1.82) is 0 Å². The Kier molecular flexibility index (Phi) is 5.02. The van der Waals surface area contributed by atoms with Crippen molar-refractivity contribution in [2.45, 2.75) is 62.9 Å². The van der Waals surface area contributed by atoms with Crippen LogP contribution in [0.1, 0.15) is 60.5 Å². The Hall–Kier alpha value is -2.39. The second-order valence-electron chi connectivity index (χ2n) is 9.32. The maximum absolute atomic E-state index is 12.6. The molecule has 1 heterocycles. The van der Waals surface area contributed by atoms with Crippen molar-refractivity contribution in [2.75, 3.05) is 6.54 Å². The van der Waals surface area contributed by atoms with Crippen molar-refractivity contribution >= 4 is 5.97 Å². The SMILES string of the molecule is C=CC(C)N1CC[C@]23CCCC[C@H]2C1Cc1ccc(OC(=O)c2ccccc2)cc13. The van der Waals surface area contributed by atoms with Crippen LogP contribution < -0.4 is 4.74 Å². The Labute approximate surface area is 179 Å². The smallest absolute Gasteiger partial charge is 0.343 e. The zero-order valence-corrected chi connectivity index (χ0v) is 17.8. The fourth-order valence-corrected chi connectivity index (χ4v) is 6.46. The maximum atomic E-state index is 12.6. The van der Waals surface area contributed by atoms with Gasteiger partial charge in [0.25, 0.3) is 0 Å². The molecule has 2 aliphatic carbocycles. The van der Waals surface area contributed by atoms with E-state index in [1.807, 2.05) is 24.3 Å². The molecule has 156 valence electrons. The maximum Gasteiger partial charge on any atom is 0.343 e. The Morgan fingerprint density at radius 3 is 2.83 bits per heavy atom. The molecule has 2 fully saturated rings. The first-order chi connectivity index (χ1) is 14.6. The minimum Gasteiger partial charge on any atom is -0.423 e. The first-order valence-electron chi connectivity index (χ1n) is 11.4. The minimum absolute atomic E-state index is 0.239. The zero-order chi connectivity index (χ0) is 20.7. The van der Waals surface area contributed by atoms with Gasteiger partial charge in [-0.1, -0.05) is 43.2 Å². The third-order valence-corrected chi connectivity index (χ3v) is 7.94. The lowest BCUT2D eigenvalue weighted by Crippen LogP contribution is -2.62. The lowest BCUT2D eigenvalue weighted by molar-refractivity contribution is -0.0214. The third kappa shape index (κ3) is 3.11. The van der Waals surface area contributed by atoms with Crippen molar-refractivity contribution < 1.29 is 9.53 Å². The zero-order valence-electron chi connectivity index (χ0n) is 17.8. The summed E-state index contributed by atoms with van der Waals surface area (Å²) in [4.78, 5) is 15.3. The van der Waals surface area contributed by atoms with E-state index in [2.05, 4.69) is 36.6 Å². The average Bonchev–Trinajstić information content (AvgIpc) is 2.79. The summed E-state index contributed by atoms with van der Waals surface area (Å²) >= 11 is 0. The van der Waals surface area contributed by atoms with Crippen LogP contribution in [0.5, 0.6) is 5.75 Å². The highest BCUT2D eigenvalue weighted by atomic mass is 16.5. The summed E-state index contributed by atoms with van der Waals surface area (Å²) in [6.07, 6.45) is 9.57. The molecule has 2 unspecified atom stereocenters. The second-order valence-corrected chi connectivity index (χ2v) is 9.32. The van der Waals surface area contributed by atoms with Gasteiger partial charge in [0.1, 0.15) is 5.75 Å². The Bertz CT molecular complexity index is 953. The topological polar surface area (TPSA) is 29.5 Å². The molecule has 4 atom stereocenters. The van der Waals surface area contributed by atoms with E-state index in [4.69, 9.17) is 4.74 Å². The number of hydrogen-bond donors (Lipinski definition) is 0. The summed E-state index contributed by atoms with van der Waals surface area (Å²) in [6.45, 7) is 7.47. The lowest BCUT2D eigenvalue weighted by atomic mass is 9.52. The molecule has 0 N–H and O–H groups in total. The Morgan fingerprint density at radius 1 is 1.20 bits per heavy atom. The minimum atomic E-state index is -0.281. The predicted octanol–water partition coefficient (Wildman–Crippen LogP) is 5.54. The monoisotopic (exact) mass is 401 g/mol. The predicted molar refractivity (Wildman–Crippen MR) is 120 cm³/mol. The largest absolute Gasteiger partial charge is 0.423 e. The number of likely N-dealkylation sites (tertiary alicyclic amines) is 1. The summed E-state index contributed by atoms with van der Waals surface area (Å²) in [5.41, 5.74) is 3.73. The van der Waals surface area contributed by atoms with Crippen LogP contribution in [-0.2, 0) is 11.8 Å². The van der Waals surface area contributed by atoms with Gasteiger partial charge < -0.3 is 4.74 Å². The quantitative estimate of drug-likeness (QED) is 0.383. The standard InChI is InChI=1S/C27H31NO2/c1-3-19(2)28-16-15-27-14-8-7-11-23(27)25(28)17-21-12-13-22(18-24(21)27)30-26(29)20-9-5-4-6-10-20/h3-6,9-10,12-13,18-19,23,25H,1,7-8,11,14-17H2,2H3/t19?,23-,25?,27+/m0/s1. The first kappa shape index (κ1) is 19.6. The van der Waals surface area contributed by atoms with Crippen LogP contribution in [-0.4, -0.2) is 29.5 Å². The van der Waals surface area contributed by atoms with Crippen molar-refractivity contribution in [3.05, 3.63) is 77.9 Å². The highest BCUT2D eigenvalue weighted by Crippen LogP contribution is 2.56. The molecule has 0 radical (unpaired) electrons. The van der Waals surface area contributed by atoms with Gasteiger partial charge in [0.2, 0.25) is 0 Å². The van der Waals surface area contributed by atoms with Gasteiger partial charge >= 0.3 is 5.97 Å². The molecule has 30 heavy (non-hydrogen) atoms. The van der Waals surface area contributed by atoms with Crippen LogP contribution >= 0.6 is 0 Å². The number of hydrogen-bond acceptors (Lipinski definition) is 3. The molecule has 0 amide bonds. The van der Waals surface area contributed by atoms with Gasteiger partial charge in [-0.2, -0.15) is 0 Å². The van der Waals surface area contributed by atoms with Crippen LogP contribution in [0, 0.1) is 5.92 Å². The average molecular weight is 402 g/mol. The number of nitrogens with zero attached hydrogens (tertiary/aromatic N) is 1. The Balaban J connectivity index is 1.49. The lowest BCUT2D eigenvalue weighted by Gasteiger charge is -2.60. The second kappa shape index (κ2) is 7.70. The van der Waals surface area contributed by atoms with Crippen LogP contribution in [0.4, 0.5) is 0 Å². The number of benzene rings is 2. The summed E-state index contributed by atoms with van der Waals surface area (Å²) in [5, 5.41) is 0. The van der Waals surface area contributed by atoms with Gasteiger partial charge in [0, 0.05) is 17.5 Å². The number of esters is 1. The molecule has 2 aromatic carbocycles. The molecule has 1 aliphatic heterocycles. The molecular formula is C27H31NO2. The van der Waals surface area contributed by atoms with E-state index < -0.39 is 0 Å². The Morgan fingerprint density at radius 2 is 2.03 bits per heavy atom. The van der Waals surface area contributed by atoms with Crippen LogP contribution in [0.15, 0.2) is 61.2 Å². The summed E-state index contributed by atoms with van der Waals surface area (Å²) in [7, 11) is 0. The van der Waals surface area contributed by atoms with E-state index in [9.17, 15) is 4.79 Å². The van der Waals surface area contributed by atoms with E-state index in [-0.39, 0.29) is 11.4 Å². The first-order valence-corrected chi connectivity index (χ1v) is 11.4. The molecule has 2 bridgehead atoms. The van der Waals surface area contributed by atoms with Gasteiger partial charge in [-0.3, -0.25) is 4.90 Å². The van der Waals surface area contributed by atoms with Gasteiger partial charge in [-0.15, -0.1) is 6.58 Å². The van der Waals surface area contributed by atoms with E-state index in [0.29, 0.717) is 29.3 Å². The summed E-state index contributed by atoms with van der Waals surface area (Å²) in [5.74, 6) is 1.09. The summed E-state index contributed by atoms with van der Waals surface area (Å²) < 4.78 is 5.79. The van der Waals surface area contributed by atoms with Gasteiger partial charge in [0.15, 0.2) is 0 Å². The molecule has 2 aromatic rings. The third-order valence-electron chi connectivity index (χ3n) is 7.94. The summed E-state index contributed by atoms with van der Waals surface area (Å²) in [6, 6.07) is 16.7. The van der Waals surface area contributed by atoms with Gasteiger partial charge in [-0.05, 0) is 80.5 Å².